The molecule has 4 heteroatoms. The Hall–Kier alpha value is -1.74. The first-order valence-electron chi connectivity index (χ1n) is 4.52. The van der Waals surface area contributed by atoms with Gasteiger partial charge in [0.15, 0.2) is 5.58 Å². The van der Waals surface area contributed by atoms with Gasteiger partial charge in [-0.25, -0.2) is 10.1 Å². The van der Waals surface area contributed by atoms with Gasteiger partial charge in [-0.05, 0) is 29.8 Å². The van der Waals surface area contributed by atoms with Crippen LogP contribution in [-0.4, -0.2) is 10.1 Å². The van der Waals surface area contributed by atoms with Gasteiger partial charge in [0.05, 0.1) is 0 Å². The Morgan fingerprint density at radius 2 is 2.20 bits per heavy atom. The summed E-state index contributed by atoms with van der Waals surface area (Å²) in [6.45, 7) is 0. The van der Waals surface area contributed by atoms with Crippen molar-refractivity contribution in [3.63, 3.8) is 0 Å². The van der Waals surface area contributed by atoms with Crippen molar-refractivity contribution in [2.45, 2.75) is 0 Å². The van der Waals surface area contributed by atoms with Crippen LogP contribution in [0.5, 0.6) is 0 Å². The molecule has 0 radical (unpaired) electrons. The molecule has 1 N–H and O–H groups in total. The first kappa shape index (κ1) is 8.56. The fourth-order valence-electron chi connectivity index (χ4n) is 1.53. The van der Waals surface area contributed by atoms with E-state index in [1.165, 1.54) is 0 Å². The number of halogens is 1. The van der Waals surface area contributed by atoms with Crippen LogP contribution in [-0.2, 0) is 0 Å². The maximum atomic E-state index is 6.01. The third-order valence-corrected chi connectivity index (χ3v) is 2.62. The van der Waals surface area contributed by atoms with Gasteiger partial charge in [0.25, 0.3) is 0 Å². The van der Waals surface area contributed by atoms with Crippen LogP contribution < -0.4 is 0 Å². The molecule has 1 aromatic carbocycles. The van der Waals surface area contributed by atoms with Crippen molar-refractivity contribution in [1.29, 1.82) is 0 Å². The number of hydrogen-bond donors (Lipinski definition) is 1. The molecule has 0 aliphatic rings. The van der Waals surface area contributed by atoms with Gasteiger partial charge in [-0.1, -0.05) is 17.7 Å². The minimum Gasteiger partial charge on any atom is -0.380 e. The van der Waals surface area contributed by atoms with Crippen LogP contribution in [0, 0.1) is 0 Å². The average molecular weight is 219 g/mol. The standard InChI is InChI=1S/C11H7ClN2O/c12-11-8(2-1-5-13-11)7-3-4-10-9(6-7)14-15-10/h1-6,14H. The van der Waals surface area contributed by atoms with Crippen LogP contribution >= 0.6 is 11.6 Å². The highest BCUT2D eigenvalue weighted by molar-refractivity contribution is 6.32. The Balaban J connectivity index is 2.19. The molecular weight excluding hydrogens is 212 g/mol. The van der Waals surface area contributed by atoms with E-state index in [1.807, 2.05) is 30.3 Å². The largest absolute Gasteiger partial charge is 0.380 e. The van der Waals surface area contributed by atoms with Gasteiger partial charge in [0.1, 0.15) is 10.7 Å². The van der Waals surface area contributed by atoms with Crippen molar-refractivity contribution in [3.8, 4) is 11.1 Å². The van der Waals surface area contributed by atoms with Crippen molar-refractivity contribution in [1.82, 2.24) is 10.1 Å². The molecule has 15 heavy (non-hydrogen) atoms. The lowest BCUT2D eigenvalue weighted by Crippen LogP contribution is -1.86. The summed E-state index contributed by atoms with van der Waals surface area (Å²) < 4.78 is 5.00. The number of nitrogens with one attached hydrogen (secondary N) is 1. The molecule has 0 unspecified atom stereocenters. The molecular formula is C11H7ClN2O. The first-order valence-corrected chi connectivity index (χ1v) is 4.90. The van der Waals surface area contributed by atoms with E-state index in [-0.39, 0.29) is 0 Å². The van der Waals surface area contributed by atoms with Gasteiger partial charge in [-0.2, -0.15) is 0 Å². The van der Waals surface area contributed by atoms with Gasteiger partial charge in [-0.3, -0.25) is 0 Å². The number of rotatable bonds is 1. The van der Waals surface area contributed by atoms with Crippen LogP contribution in [0.3, 0.4) is 0 Å². The zero-order valence-corrected chi connectivity index (χ0v) is 8.45. The van der Waals surface area contributed by atoms with E-state index in [0.717, 1.165) is 22.2 Å². The molecule has 2 aromatic heterocycles. The maximum Gasteiger partial charge on any atom is 0.181 e. The van der Waals surface area contributed by atoms with E-state index in [2.05, 4.69) is 10.1 Å². The van der Waals surface area contributed by atoms with Crippen molar-refractivity contribution in [3.05, 3.63) is 41.7 Å². The van der Waals surface area contributed by atoms with E-state index < -0.39 is 0 Å². The second-order valence-electron chi connectivity index (χ2n) is 3.26. The number of nitrogens with zero attached hydrogens (tertiary/aromatic N) is 1. The molecule has 3 aromatic rings. The van der Waals surface area contributed by atoms with E-state index in [0.29, 0.717) is 5.15 Å². The summed E-state index contributed by atoms with van der Waals surface area (Å²) >= 11 is 6.01. The molecule has 0 aliphatic heterocycles. The van der Waals surface area contributed by atoms with E-state index in [9.17, 15) is 0 Å². The summed E-state index contributed by atoms with van der Waals surface area (Å²) in [6.07, 6.45) is 1.67. The highest BCUT2D eigenvalue weighted by atomic mass is 35.5. The normalized spacial score (nSPS) is 11.0. The van der Waals surface area contributed by atoms with Gasteiger partial charge in [0.2, 0.25) is 0 Å². The number of hydrogen-bond acceptors (Lipinski definition) is 2. The van der Waals surface area contributed by atoms with E-state index in [1.54, 1.807) is 6.20 Å². The second-order valence-corrected chi connectivity index (χ2v) is 3.61. The van der Waals surface area contributed by atoms with Crippen molar-refractivity contribution >= 4 is 22.7 Å². The minimum absolute atomic E-state index is 0.512. The molecule has 0 atom stereocenters. The molecule has 0 saturated heterocycles. The zero-order chi connectivity index (χ0) is 10.3. The Bertz CT molecular complexity index is 612. The SMILES string of the molecule is Clc1ncccc1-c1ccc2o[nH]c2c1. The highest BCUT2D eigenvalue weighted by Gasteiger charge is 2.06. The number of fused-ring (bicyclic) bond motifs is 1. The van der Waals surface area contributed by atoms with E-state index >= 15 is 0 Å². The van der Waals surface area contributed by atoms with Crippen LogP contribution in [0.4, 0.5) is 0 Å². The zero-order valence-electron chi connectivity index (χ0n) is 7.70. The first-order chi connectivity index (χ1) is 7.34. The second kappa shape index (κ2) is 3.14. The summed E-state index contributed by atoms with van der Waals surface area (Å²) in [5, 5.41) is 3.27. The average Bonchev–Trinajstić information content (AvgIpc) is 2.21. The van der Waals surface area contributed by atoms with Crippen molar-refractivity contribution < 1.29 is 4.52 Å². The molecule has 3 rings (SSSR count). The highest BCUT2D eigenvalue weighted by Crippen LogP contribution is 2.28. The molecule has 0 fully saturated rings. The molecule has 2 heterocycles. The lowest BCUT2D eigenvalue weighted by atomic mass is 10.1. The fraction of sp³-hybridized carbons (Fsp3) is 0. The summed E-state index contributed by atoms with van der Waals surface area (Å²) in [5.74, 6) is 0. The third-order valence-electron chi connectivity index (χ3n) is 2.32. The number of H-pyrrole nitrogens is 1. The molecule has 74 valence electrons. The monoisotopic (exact) mass is 218 g/mol. The number of pyridine rings is 1. The molecule has 3 nitrogen and oxygen atoms in total. The predicted molar refractivity (Wildman–Crippen MR) is 58.8 cm³/mol. The topological polar surface area (TPSA) is 41.8 Å². The molecule has 0 spiro atoms. The van der Waals surface area contributed by atoms with Gasteiger partial charge < -0.3 is 4.52 Å². The molecule has 0 bridgehead atoms. The summed E-state index contributed by atoms with van der Waals surface area (Å²) in [5.41, 5.74) is 3.80. The van der Waals surface area contributed by atoms with Gasteiger partial charge >= 0.3 is 0 Å². The van der Waals surface area contributed by atoms with Crippen molar-refractivity contribution in [2.75, 3.05) is 0 Å². The summed E-state index contributed by atoms with van der Waals surface area (Å²) in [6, 6.07) is 9.66. The molecule has 0 saturated carbocycles. The number of benzene rings is 1. The Kier molecular flexibility index (Phi) is 1.79. The Morgan fingerprint density at radius 3 is 2.87 bits per heavy atom. The number of aromatic nitrogens is 2. The Morgan fingerprint density at radius 1 is 1.27 bits per heavy atom. The molecule has 0 amide bonds. The van der Waals surface area contributed by atoms with Crippen LogP contribution in [0.25, 0.3) is 22.2 Å². The number of aromatic amines is 1. The Labute approximate surface area is 90.6 Å². The lowest BCUT2D eigenvalue weighted by molar-refractivity contribution is 0.424. The van der Waals surface area contributed by atoms with Crippen LogP contribution in [0.15, 0.2) is 41.1 Å². The summed E-state index contributed by atoms with van der Waals surface area (Å²) in [7, 11) is 0. The minimum atomic E-state index is 0.512. The van der Waals surface area contributed by atoms with Crippen LogP contribution in [0.2, 0.25) is 5.15 Å². The molecule has 0 aliphatic carbocycles. The van der Waals surface area contributed by atoms with Gasteiger partial charge in [0, 0.05) is 11.8 Å². The van der Waals surface area contributed by atoms with Crippen molar-refractivity contribution in [2.24, 2.45) is 0 Å². The predicted octanol–water partition coefficient (Wildman–Crippen LogP) is 3.48. The lowest BCUT2D eigenvalue weighted by Gasteiger charge is -2.06. The third kappa shape index (κ3) is 1.32. The smallest absolute Gasteiger partial charge is 0.181 e. The van der Waals surface area contributed by atoms with Gasteiger partial charge in [-0.15, -0.1) is 0 Å². The van der Waals surface area contributed by atoms with E-state index in [4.69, 9.17) is 16.1 Å². The quantitative estimate of drug-likeness (QED) is 0.636. The summed E-state index contributed by atoms with van der Waals surface area (Å²) in [4.78, 5) is 4.04. The maximum absolute atomic E-state index is 6.01. The fourth-order valence-corrected chi connectivity index (χ4v) is 1.76. The van der Waals surface area contributed by atoms with Crippen LogP contribution in [0.1, 0.15) is 0 Å².